The molecule has 1 unspecified atom stereocenters. The second kappa shape index (κ2) is 6.04. The third-order valence-electron chi connectivity index (χ3n) is 2.63. The van der Waals surface area contributed by atoms with Gasteiger partial charge in [-0.05, 0) is 0 Å². The summed E-state index contributed by atoms with van der Waals surface area (Å²) in [6.45, 7) is 2.04. The van der Waals surface area contributed by atoms with Gasteiger partial charge in [0, 0.05) is 33.0 Å². The molecule has 0 aliphatic carbocycles. The largest absolute Gasteiger partial charge is 0.481 e. The van der Waals surface area contributed by atoms with Gasteiger partial charge in [-0.3, -0.25) is 4.79 Å². The fourth-order valence-corrected chi connectivity index (χ4v) is 1.43. The van der Waals surface area contributed by atoms with Gasteiger partial charge in [0.2, 0.25) is 0 Å². The van der Waals surface area contributed by atoms with E-state index >= 15 is 0 Å². The summed E-state index contributed by atoms with van der Waals surface area (Å²) in [6, 6.07) is -0.314. The first-order valence-corrected chi connectivity index (χ1v) is 5.59. The molecule has 0 saturated heterocycles. The summed E-state index contributed by atoms with van der Waals surface area (Å²) in [5.74, 6) is -0.768. The van der Waals surface area contributed by atoms with Crippen LogP contribution < -0.4 is 5.32 Å². The molecule has 2 N–H and O–H groups in total. The number of nitrogens with zero attached hydrogens (tertiary/aromatic N) is 3. The Morgan fingerprint density at radius 1 is 1.61 bits per heavy atom. The first-order chi connectivity index (χ1) is 8.41. The predicted octanol–water partition coefficient (Wildman–Crippen LogP) is 0.282. The van der Waals surface area contributed by atoms with E-state index in [0.29, 0.717) is 6.54 Å². The molecule has 1 rings (SSSR count). The molecule has 0 aromatic carbocycles. The number of carbonyl (C=O) groups excluding carboxylic acids is 1. The van der Waals surface area contributed by atoms with Crippen LogP contribution in [0, 0.1) is 5.92 Å². The maximum absolute atomic E-state index is 11.7. The maximum Gasteiger partial charge on any atom is 0.317 e. The van der Waals surface area contributed by atoms with E-state index < -0.39 is 11.9 Å². The topological polar surface area (TPSA) is 87.5 Å². The molecule has 0 aliphatic heterocycles. The number of aryl methyl sites for hydroxylation is 1. The van der Waals surface area contributed by atoms with Crippen LogP contribution in [-0.2, 0) is 18.4 Å². The lowest BCUT2D eigenvalue weighted by Crippen LogP contribution is -2.40. The zero-order valence-electron chi connectivity index (χ0n) is 10.8. The lowest BCUT2D eigenvalue weighted by Gasteiger charge is -2.19. The van der Waals surface area contributed by atoms with Gasteiger partial charge in [-0.2, -0.15) is 0 Å². The Morgan fingerprint density at radius 2 is 2.28 bits per heavy atom. The average molecular weight is 254 g/mol. The number of rotatable bonds is 5. The minimum atomic E-state index is -0.918. The van der Waals surface area contributed by atoms with E-state index in [0.717, 1.165) is 5.82 Å². The summed E-state index contributed by atoms with van der Waals surface area (Å²) in [4.78, 5) is 27.8. The summed E-state index contributed by atoms with van der Waals surface area (Å²) < 4.78 is 1.81. The van der Waals surface area contributed by atoms with Gasteiger partial charge in [0.15, 0.2) is 0 Å². The van der Waals surface area contributed by atoms with Crippen molar-refractivity contribution in [1.29, 1.82) is 0 Å². The second-order valence-electron chi connectivity index (χ2n) is 4.23. The second-order valence-corrected chi connectivity index (χ2v) is 4.23. The zero-order valence-corrected chi connectivity index (χ0v) is 10.8. The van der Waals surface area contributed by atoms with Gasteiger partial charge < -0.3 is 19.9 Å². The fraction of sp³-hybridized carbons (Fsp3) is 0.545. The Bertz CT molecular complexity index is 430. The third kappa shape index (κ3) is 3.76. The number of carbonyl (C=O) groups is 2. The van der Waals surface area contributed by atoms with Gasteiger partial charge in [-0.15, -0.1) is 0 Å². The van der Waals surface area contributed by atoms with Crippen LogP contribution in [-0.4, -0.2) is 45.2 Å². The molecule has 1 heterocycles. The molecule has 0 spiro atoms. The smallest absolute Gasteiger partial charge is 0.317 e. The molecule has 0 aliphatic rings. The van der Waals surface area contributed by atoms with Crippen molar-refractivity contribution < 1.29 is 14.7 Å². The van der Waals surface area contributed by atoms with E-state index in [2.05, 4.69) is 10.3 Å². The van der Waals surface area contributed by atoms with Gasteiger partial charge in [-0.25, -0.2) is 9.78 Å². The molecular weight excluding hydrogens is 236 g/mol. The Morgan fingerprint density at radius 3 is 2.78 bits per heavy atom. The minimum absolute atomic E-state index is 0.168. The number of carboxylic acids is 1. The van der Waals surface area contributed by atoms with Gasteiger partial charge in [0.05, 0.1) is 12.5 Å². The summed E-state index contributed by atoms with van der Waals surface area (Å²) >= 11 is 0. The van der Waals surface area contributed by atoms with Crippen molar-refractivity contribution in [2.45, 2.75) is 13.5 Å². The van der Waals surface area contributed by atoms with Crippen molar-refractivity contribution in [1.82, 2.24) is 19.8 Å². The van der Waals surface area contributed by atoms with Gasteiger partial charge in [0.1, 0.15) is 5.82 Å². The van der Waals surface area contributed by atoms with Crippen molar-refractivity contribution in [3.05, 3.63) is 18.2 Å². The summed E-state index contributed by atoms with van der Waals surface area (Å²) in [7, 11) is 3.40. The predicted molar refractivity (Wildman–Crippen MR) is 64.9 cm³/mol. The molecule has 7 heteroatoms. The van der Waals surface area contributed by atoms with E-state index in [-0.39, 0.29) is 12.6 Å². The molecule has 2 amide bonds. The number of hydrogen-bond donors (Lipinski definition) is 2. The van der Waals surface area contributed by atoms with Crippen molar-refractivity contribution in [3.63, 3.8) is 0 Å². The molecule has 0 saturated carbocycles. The van der Waals surface area contributed by atoms with Crippen LogP contribution in [0.4, 0.5) is 4.79 Å². The van der Waals surface area contributed by atoms with Crippen LogP contribution in [0.5, 0.6) is 0 Å². The normalized spacial score (nSPS) is 11.9. The number of urea groups is 1. The number of aliphatic carboxylic acids is 1. The maximum atomic E-state index is 11.7. The quantitative estimate of drug-likeness (QED) is 0.790. The van der Waals surface area contributed by atoms with Crippen LogP contribution >= 0.6 is 0 Å². The van der Waals surface area contributed by atoms with E-state index in [1.165, 1.54) is 4.90 Å². The number of hydrogen-bond acceptors (Lipinski definition) is 3. The number of imidazole rings is 1. The Labute approximate surface area is 105 Å². The molecule has 0 radical (unpaired) electrons. The minimum Gasteiger partial charge on any atom is -0.481 e. The molecule has 0 bridgehead atoms. The first kappa shape index (κ1) is 14.0. The van der Waals surface area contributed by atoms with E-state index in [1.54, 1.807) is 30.9 Å². The van der Waals surface area contributed by atoms with Crippen LogP contribution in [0.3, 0.4) is 0 Å². The van der Waals surface area contributed by atoms with Crippen LogP contribution in [0.15, 0.2) is 12.4 Å². The number of carboxylic acid groups (broad SMARTS) is 1. The van der Waals surface area contributed by atoms with E-state index in [9.17, 15) is 9.59 Å². The highest BCUT2D eigenvalue weighted by Crippen LogP contribution is 1.99. The molecule has 100 valence electrons. The highest BCUT2D eigenvalue weighted by Gasteiger charge is 2.17. The monoisotopic (exact) mass is 254 g/mol. The van der Waals surface area contributed by atoms with Crippen molar-refractivity contribution >= 4 is 12.0 Å². The zero-order chi connectivity index (χ0) is 13.7. The van der Waals surface area contributed by atoms with Crippen molar-refractivity contribution in [2.24, 2.45) is 13.0 Å². The van der Waals surface area contributed by atoms with Crippen molar-refractivity contribution in [3.8, 4) is 0 Å². The first-order valence-electron chi connectivity index (χ1n) is 5.59. The summed E-state index contributed by atoms with van der Waals surface area (Å²) in [5.41, 5.74) is 0. The summed E-state index contributed by atoms with van der Waals surface area (Å²) in [5, 5.41) is 11.4. The lowest BCUT2D eigenvalue weighted by atomic mass is 10.2. The average Bonchev–Trinajstić information content (AvgIpc) is 2.71. The molecule has 0 fully saturated rings. The Balaban J connectivity index is 2.41. The Kier molecular flexibility index (Phi) is 4.70. The molecular formula is C11H18N4O3. The number of nitrogens with one attached hydrogen (secondary N) is 1. The lowest BCUT2D eigenvalue weighted by molar-refractivity contribution is -0.141. The SMILES string of the molecule is CC(CN(C)C(=O)NCc1nccn1C)C(=O)O. The molecule has 18 heavy (non-hydrogen) atoms. The van der Waals surface area contributed by atoms with Crippen LogP contribution in [0.25, 0.3) is 0 Å². The van der Waals surface area contributed by atoms with Crippen LogP contribution in [0.1, 0.15) is 12.7 Å². The molecule has 1 atom stereocenters. The van der Waals surface area contributed by atoms with Crippen LogP contribution in [0.2, 0.25) is 0 Å². The van der Waals surface area contributed by atoms with Gasteiger partial charge in [0.25, 0.3) is 0 Å². The number of amides is 2. The van der Waals surface area contributed by atoms with E-state index in [1.807, 2.05) is 7.05 Å². The van der Waals surface area contributed by atoms with Crippen molar-refractivity contribution in [2.75, 3.05) is 13.6 Å². The van der Waals surface area contributed by atoms with Gasteiger partial charge >= 0.3 is 12.0 Å². The van der Waals surface area contributed by atoms with Gasteiger partial charge in [-0.1, -0.05) is 6.92 Å². The summed E-state index contributed by atoms with van der Waals surface area (Å²) in [6.07, 6.45) is 3.44. The number of aromatic nitrogens is 2. The fourth-order valence-electron chi connectivity index (χ4n) is 1.43. The molecule has 1 aromatic heterocycles. The van der Waals surface area contributed by atoms with E-state index in [4.69, 9.17) is 5.11 Å². The highest BCUT2D eigenvalue weighted by atomic mass is 16.4. The third-order valence-corrected chi connectivity index (χ3v) is 2.63. The molecule has 7 nitrogen and oxygen atoms in total. The standard InChI is InChI=1S/C11H18N4O3/c1-8(10(16)17)7-15(3)11(18)13-6-9-12-4-5-14(9)2/h4-5,8H,6-7H2,1-3H3,(H,13,18)(H,16,17). The Hall–Kier alpha value is -2.05. The highest BCUT2D eigenvalue weighted by molar-refractivity contribution is 5.75. The molecule has 1 aromatic rings.